The third kappa shape index (κ3) is 45.2. The Hall–Kier alpha value is -1.40. The molecule has 0 fully saturated rings. The zero-order valence-corrected chi connectivity index (χ0v) is 42.0. The summed E-state index contributed by atoms with van der Waals surface area (Å²) in [6.45, 7) is 6.50. The molecule has 3 atom stereocenters. The first-order valence-electron chi connectivity index (χ1n) is 27.9. The second-order valence-corrected chi connectivity index (χ2v) is 19.3. The van der Waals surface area contributed by atoms with E-state index in [0.29, 0.717) is 19.3 Å². The van der Waals surface area contributed by atoms with Crippen molar-refractivity contribution < 1.29 is 24.5 Å². The molecule has 0 aliphatic rings. The van der Waals surface area contributed by atoms with E-state index in [1.54, 1.807) is 0 Å². The summed E-state index contributed by atoms with van der Waals surface area (Å²) >= 11 is 0. The zero-order chi connectivity index (χ0) is 45.2. The van der Waals surface area contributed by atoms with Crippen LogP contribution in [-0.2, 0) is 14.3 Å². The van der Waals surface area contributed by atoms with Crippen LogP contribution in [0.15, 0.2) is 12.2 Å². The van der Waals surface area contributed by atoms with E-state index in [1.165, 1.54) is 205 Å². The van der Waals surface area contributed by atoms with Crippen molar-refractivity contribution in [3.63, 3.8) is 0 Å². The van der Waals surface area contributed by atoms with E-state index in [2.05, 4.69) is 38.2 Å². The maximum absolute atomic E-state index is 13.2. The van der Waals surface area contributed by atoms with Crippen LogP contribution in [0.1, 0.15) is 310 Å². The van der Waals surface area contributed by atoms with Crippen molar-refractivity contribution in [2.24, 2.45) is 0 Å². The highest BCUT2D eigenvalue weighted by atomic mass is 16.5. The molecule has 0 aromatic rings. The van der Waals surface area contributed by atoms with E-state index in [-0.39, 0.29) is 24.9 Å². The summed E-state index contributed by atoms with van der Waals surface area (Å²) in [6.07, 6.45) is 57.0. The maximum Gasteiger partial charge on any atom is 0.306 e. The van der Waals surface area contributed by atoms with Gasteiger partial charge >= 0.3 is 5.97 Å². The molecular weight excluding hydrogens is 767 g/mol. The quantitative estimate of drug-likeness (QED) is 0.0321. The number of aliphatic hydroxyl groups excluding tert-OH is 2. The summed E-state index contributed by atoms with van der Waals surface area (Å²) < 4.78 is 5.95. The Balaban J connectivity index is 4.48. The van der Waals surface area contributed by atoms with Gasteiger partial charge in [0.25, 0.3) is 0 Å². The van der Waals surface area contributed by atoms with Crippen molar-refractivity contribution in [1.82, 2.24) is 5.32 Å². The summed E-state index contributed by atoms with van der Waals surface area (Å²) in [5.41, 5.74) is 0. The van der Waals surface area contributed by atoms with Gasteiger partial charge in [0, 0.05) is 6.42 Å². The molecule has 0 rings (SSSR count). The second-order valence-electron chi connectivity index (χ2n) is 19.3. The lowest BCUT2D eigenvalue weighted by Gasteiger charge is -2.24. The van der Waals surface area contributed by atoms with Crippen LogP contribution in [0.2, 0.25) is 0 Å². The molecule has 368 valence electrons. The fourth-order valence-electron chi connectivity index (χ4n) is 8.84. The van der Waals surface area contributed by atoms with Crippen molar-refractivity contribution in [3.05, 3.63) is 12.2 Å². The maximum atomic E-state index is 13.2. The molecule has 0 saturated carbocycles. The fourth-order valence-corrected chi connectivity index (χ4v) is 8.84. The van der Waals surface area contributed by atoms with Gasteiger partial charge in [-0.05, 0) is 51.4 Å². The summed E-state index contributed by atoms with van der Waals surface area (Å²) in [5.74, 6) is -0.461. The number of aliphatic hydroxyl groups is 2. The Kier molecular flexibility index (Phi) is 49.5. The topological polar surface area (TPSA) is 95.9 Å². The fraction of sp³-hybridized carbons (Fsp3) is 0.929. The predicted octanol–water partition coefficient (Wildman–Crippen LogP) is 16.9. The Bertz CT molecular complexity index is 939. The molecule has 1 amide bonds. The van der Waals surface area contributed by atoms with Gasteiger partial charge in [0.15, 0.2) is 0 Å². The SMILES string of the molecule is CCCCCC/C=C\CCCCCCCC(CC(=O)NC(CO)C(O)CCCCCCCCCCCCCC)OC(=O)CCCCCCCCCCCCCCCCCCCC. The number of carbonyl (C=O) groups is 2. The number of nitrogens with one attached hydrogen (secondary N) is 1. The number of amides is 1. The first-order valence-corrected chi connectivity index (χ1v) is 27.9. The van der Waals surface area contributed by atoms with Crippen molar-refractivity contribution >= 4 is 11.9 Å². The first-order chi connectivity index (χ1) is 30.5. The molecule has 62 heavy (non-hydrogen) atoms. The van der Waals surface area contributed by atoms with Crippen LogP contribution in [0, 0.1) is 0 Å². The monoisotopic (exact) mass is 876 g/mol. The summed E-state index contributed by atoms with van der Waals surface area (Å²) in [7, 11) is 0. The van der Waals surface area contributed by atoms with Gasteiger partial charge in [0.05, 0.1) is 25.2 Å². The van der Waals surface area contributed by atoms with Crippen LogP contribution in [0.4, 0.5) is 0 Å². The number of allylic oxidation sites excluding steroid dienone is 2. The van der Waals surface area contributed by atoms with Crippen LogP contribution in [-0.4, -0.2) is 46.9 Å². The smallest absolute Gasteiger partial charge is 0.306 e. The third-order valence-electron chi connectivity index (χ3n) is 13.1. The Morgan fingerprint density at radius 3 is 1.16 bits per heavy atom. The highest BCUT2D eigenvalue weighted by molar-refractivity contribution is 5.77. The lowest BCUT2D eigenvalue weighted by molar-refractivity contribution is -0.151. The largest absolute Gasteiger partial charge is 0.462 e. The standard InChI is InChI=1S/C56H109NO5/c1-4-7-10-13-16-19-22-25-26-27-28-29-31-34-37-40-43-46-49-56(61)62-52(47-44-41-38-35-32-30-23-20-17-14-11-8-5-2)50-55(60)57-53(51-58)54(59)48-45-42-39-36-33-24-21-18-15-12-9-6-3/h20,23,52-54,58-59H,4-19,21-22,24-51H2,1-3H3,(H,57,60)/b23-20-. The lowest BCUT2D eigenvalue weighted by atomic mass is 10.0. The molecule has 0 heterocycles. The van der Waals surface area contributed by atoms with E-state index < -0.39 is 18.2 Å². The predicted molar refractivity (Wildman–Crippen MR) is 269 cm³/mol. The minimum absolute atomic E-state index is 0.0791. The van der Waals surface area contributed by atoms with Crippen LogP contribution < -0.4 is 5.32 Å². The number of ether oxygens (including phenoxy) is 1. The van der Waals surface area contributed by atoms with Gasteiger partial charge in [-0.15, -0.1) is 0 Å². The normalized spacial score (nSPS) is 13.2. The van der Waals surface area contributed by atoms with Crippen LogP contribution in [0.5, 0.6) is 0 Å². The number of hydrogen-bond acceptors (Lipinski definition) is 5. The lowest BCUT2D eigenvalue weighted by Crippen LogP contribution is -2.46. The molecule has 0 bridgehead atoms. The van der Waals surface area contributed by atoms with Crippen molar-refractivity contribution in [2.75, 3.05) is 6.61 Å². The average molecular weight is 876 g/mol. The second kappa shape index (κ2) is 50.6. The average Bonchev–Trinajstić information content (AvgIpc) is 3.26. The zero-order valence-electron chi connectivity index (χ0n) is 42.0. The molecule has 6 nitrogen and oxygen atoms in total. The molecule has 3 N–H and O–H groups in total. The van der Waals surface area contributed by atoms with Crippen LogP contribution in [0.25, 0.3) is 0 Å². The summed E-state index contributed by atoms with van der Waals surface area (Å²) in [5, 5.41) is 23.8. The van der Waals surface area contributed by atoms with Gasteiger partial charge in [-0.1, -0.05) is 258 Å². The van der Waals surface area contributed by atoms with Gasteiger partial charge in [-0.3, -0.25) is 9.59 Å². The van der Waals surface area contributed by atoms with Crippen LogP contribution >= 0.6 is 0 Å². The Morgan fingerprint density at radius 2 is 0.774 bits per heavy atom. The number of hydrogen-bond donors (Lipinski definition) is 3. The highest BCUT2D eigenvalue weighted by Crippen LogP contribution is 2.19. The van der Waals surface area contributed by atoms with Crippen molar-refractivity contribution in [1.29, 1.82) is 0 Å². The van der Waals surface area contributed by atoms with Crippen LogP contribution in [0.3, 0.4) is 0 Å². The first kappa shape index (κ1) is 60.6. The molecule has 0 spiro atoms. The van der Waals surface area contributed by atoms with Crippen molar-refractivity contribution in [2.45, 2.75) is 328 Å². The number of carbonyl (C=O) groups excluding carboxylic acids is 2. The van der Waals surface area contributed by atoms with E-state index in [4.69, 9.17) is 4.74 Å². The molecule has 0 radical (unpaired) electrons. The number of unbranched alkanes of at least 4 members (excludes halogenated alkanes) is 37. The van der Waals surface area contributed by atoms with Crippen molar-refractivity contribution in [3.8, 4) is 0 Å². The molecule has 3 unspecified atom stereocenters. The third-order valence-corrected chi connectivity index (χ3v) is 13.1. The van der Waals surface area contributed by atoms with Gasteiger partial charge in [0.2, 0.25) is 5.91 Å². The summed E-state index contributed by atoms with van der Waals surface area (Å²) in [4.78, 5) is 26.2. The van der Waals surface area contributed by atoms with Gasteiger partial charge in [-0.2, -0.15) is 0 Å². The van der Waals surface area contributed by atoms with E-state index in [9.17, 15) is 19.8 Å². The molecule has 0 aromatic heterocycles. The minimum atomic E-state index is -0.784. The molecule has 6 heteroatoms. The molecule has 0 saturated heterocycles. The highest BCUT2D eigenvalue weighted by Gasteiger charge is 2.24. The number of esters is 1. The van der Waals surface area contributed by atoms with E-state index in [0.717, 1.165) is 57.8 Å². The molecular formula is C56H109NO5. The minimum Gasteiger partial charge on any atom is -0.462 e. The molecule has 0 aliphatic carbocycles. The Labute approximate surface area is 387 Å². The van der Waals surface area contributed by atoms with E-state index in [1.807, 2.05) is 0 Å². The van der Waals surface area contributed by atoms with Gasteiger partial charge < -0.3 is 20.3 Å². The molecule has 0 aromatic carbocycles. The number of rotatable bonds is 51. The Morgan fingerprint density at radius 1 is 0.452 bits per heavy atom. The van der Waals surface area contributed by atoms with E-state index >= 15 is 0 Å². The van der Waals surface area contributed by atoms with Gasteiger partial charge in [0.1, 0.15) is 6.10 Å². The molecule has 0 aliphatic heterocycles. The summed E-state index contributed by atoms with van der Waals surface area (Å²) in [6, 6.07) is -0.698. The van der Waals surface area contributed by atoms with Gasteiger partial charge in [-0.25, -0.2) is 0 Å².